The first-order valence-electron chi connectivity index (χ1n) is 7.93. The van der Waals surface area contributed by atoms with Gasteiger partial charge in [0.05, 0.1) is 5.69 Å². The Kier molecular flexibility index (Phi) is 4.58. The van der Waals surface area contributed by atoms with E-state index in [-0.39, 0.29) is 5.82 Å². The Hall–Kier alpha value is -2.00. The Bertz CT molecular complexity index is 804. The van der Waals surface area contributed by atoms with Gasteiger partial charge in [-0.2, -0.15) is 0 Å². The summed E-state index contributed by atoms with van der Waals surface area (Å²) in [5, 5.41) is 0. The highest BCUT2D eigenvalue weighted by atomic mass is 32.1. The van der Waals surface area contributed by atoms with Crippen molar-refractivity contribution >= 4 is 12.6 Å². The molecule has 0 aliphatic carbocycles. The molecule has 3 aromatic rings. The molecule has 0 spiro atoms. The monoisotopic (exact) mass is 325 g/mol. The summed E-state index contributed by atoms with van der Waals surface area (Å²) in [6.07, 6.45) is 0.910. The van der Waals surface area contributed by atoms with E-state index < -0.39 is 0 Å². The number of rotatable bonds is 4. The number of nitrogens with zero attached hydrogens (tertiary/aromatic N) is 1. The summed E-state index contributed by atoms with van der Waals surface area (Å²) in [5.41, 5.74) is 5.61. The molecule has 0 aliphatic rings. The SMILES string of the molecule is CCc1c(S)c(-c2ccccc2)c(-c2ccc(F)cc2)n1CC. The van der Waals surface area contributed by atoms with Crippen LogP contribution in [0, 0.1) is 5.82 Å². The summed E-state index contributed by atoms with van der Waals surface area (Å²) < 4.78 is 15.6. The lowest BCUT2D eigenvalue weighted by Gasteiger charge is -2.12. The normalized spacial score (nSPS) is 11.0. The number of benzene rings is 2. The minimum atomic E-state index is -0.216. The number of thiol groups is 1. The van der Waals surface area contributed by atoms with E-state index in [4.69, 9.17) is 12.6 Å². The lowest BCUT2D eigenvalue weighted by Crippen LogP contribution is -2.02. The molecule has 0 N–H and O–H groups in total. The molecule has 0 radical (unpaired) electrons. The molecular formula is C20H20FNS. The molecule has 0 fully saturated rings. The number of halogens is 1. The fourth-order valence-electron chi connectivity index (χ4n) is 3.15. The van der Waals surface area contributed by atoms with Crippen LogP contribution in [0.3, 0.4) is 0 Å². The van der Waals surface area contributed by atoms with Gasteiger partial charge in [-0.3, -0.25) is 0 Å². The molecule has 23 heavy (non-hydrogen) atoms. The molecule has 0 saturated heterocycles. The standard InChI is InChI=1S/C20H20FNS/c1-3-17-20(23)18(14-8-6-5-7-9-14)19(22(17)4-2)15-10-12-16(21)13-11-15/h5-13,23H,3-4H2,1-2H3. The van der Waals surface area contributed by atoms with E-state index >= 15 is 0 Å². The van der Waals surface area contributed by atoms with Gasteiger partial charge >= 0.3 is 0 Å². The molecule has 1 nitrogen and oxygen atoms in total. The van der Waals surface area contributed by atoms with Crippen LogP contribution in [0.4, 0.5) is 4.39 Å². The van der Waals surface area contributed by atoms with Crippen LogP contribution in [0.1, 0.15) is 19.5 Å². The fourth-order valence-corrected chi connectivity index (χ4v) is 3.66. The minimum Gasteiger partial charge on any atom is -0.343 e. The maximum Gasteiger partial charge on any atom is 0.123 e. The Balaban J connectivity index is 2.34. The molecule has 3 heteroatoms. The molecular weight excluding hydrogens is 305 g/mol. The summed E-state index contributed by atoms with van der Waals surface area (Å²) >= 11 is 4.82. The Morgan fingerprint density at radius 3 is 2.13 bits per heavy atom. The molecule has 2 aromatic carbocycles. The van der Waals surface area contributed by atoms with Crippen LogP contribution < -0.4 is 0 Å². The van der Waals surface area contributed by atoms with Crippen LogP contribution in [-0.4, -0.2) is 4.57 Å². The largest absolute Gasteiger partial charge is 0.343 e. The molecule has 0 atom stereocenters. The molecule has 3 rings (SSSR count). The Morgan fingerprint density at radius 1 is 0.913 bits per heavy atom. The second kappa shape index (κ2) is 6.63. The number of hydrogen-bond acceptors (Lipinski definition) is 1. The topological polar surface area (TPSA) is 4.93 Å². The quantitative estimate of drug-likeness (QED) is 0.576. The zero-order chi connectivity index (χ0) is 16.4. The zero-order valence-corrected chi connectivity index (χ0v) is 14.3. The average Bonchev–Trinajstić information content (AvgIpc) is 2.88. The molecule has 0 saturated carbocycles. The van der Waals surface area contributed by atoms with Crippen molar-refractivity contribution in [1.82, 2.24) is 4.57 Å². The van der Waals surface area contributed by atoms with Crippen molar-refractivity contribution in [3.63, 3.8) is 0 Å². The lowest BCUT2D eigenvalue weighted by atomic mass is 10.0. The Morgan fingerprint density at radius 2 is 1.57 bits per heavy atom. The smallest absolute Gasteiger partial charge is 0.123 e. The van der Waals surface area contributed by atoms with E-state index in [0.717, 1.165) is 40.2 Å². The van der Waals surface area contributed by atoms with Crippen molar-refractivity contribution in [3.8, 4) is 22.4 Å². The summed E-state index contributed by atoms with van der Waals surface area (Å²) in [6, 6.07) is 17.0. The molecule has 0 aliphatic heterocycles. The first-order chi connectivity index (χ1) is 11.2. The van der Waals surface area contributed by atoms with Crippen LogP contribution in [0.5, 0.6) is 0 Å². The van der Waals surface area contributed by atoms with E-state index in [1.807, 2.05) is 30.3 Å². The number of aromatic nitrogens is 1. The summed E-state index contributed by atoms with van der Waals surface area (Å²) in [4.78, 5) is 1.01. The third-order valence-electron chi connectivity index (χ3n) is 4.17. The predicted molar refractivity (Wildman–Crippen MR) is 97.6 cm³/mol. The van der Waals surface area contributed by atoms with Crippen molar-refractivity contribution in [1.29, 1.82) is 0 Å². The van der Waals surface area contributed by atoms with Gasteiger partial charge in [0.25, 0.3) is 0 Å². The fraction of sp³-hybridized carbons (Fsp3) is 0.200. The summed E-state index contributed by atoms with van der Waals surface area (Å²) in [5.74, 6) is -0.216. The minimum absolute atomic E-state index is 0.216. The van der Waals surface area contributed by atoms with Gasteiger partial charge in [0, 0.05) is 22.7 Å². The van der Waals surface area contributed by atoms with Gasteiger partial charge in [0.2, 0.25) is 0 Å². The maximum atomic E-state index is 13.3. The highest BCUT2D eigenvalue weighted by Gasteiger charge is 2.21. The zero-order valence-electron chi connectivity index (χ0n) is 13.4. The van der Waals surface area contributed by atoms with E-state index in [1.165, 1.54) is 17.8 Å². The van der Waals surface area contributed by atoms with Gasteiger partial charge in [-0.25, -0.2) is 4.39 Å². The molecule has 118 valence electrons. The predicted octanol–water partition coefficient (Wildman–Crippen LogP) is 5.83. The van der Waals surface area contributed by atoms with Crippen molar-refractivity contribution in [2.45, 2.75) is 31.7 Å². The summed E-state index contributed by atoms with van der Waals surface area (Å²) in [7, 11) is 0. The molecule has 0 amide bonds. The molecule has 0 unspecified atom stereocenters. The van der Waals surface area contributed by atoms with Crippen LogP contribution in [0.2, 0.25) is 0 Å². The van der Waals surface area contributed by atoms with Crippen LogP contribution in [0.25, 0.3) is 22.4 Å². The third-order valence-corrected chi connectivity index (χ3v) is 4.66. The highest BCUT2D eigenvalue weighted by molar-refractivity contribution is 7.80. The van der Waals surface area contributed by atoms with Gasteiger partial charge in [-0.05, 0) is 48.7 Å². The van der Waals surface area contributed by atoms with Crippen molar-refractivity contribution < 1.29 is 4.39 Å². The van der Waals surface area contributed by atoms with E-state index in [0.29, 0.717) is 0 Å². The van der Waals surface area contributed by atoms with E-state index in [1.54, 1.807) is 0 Å². The first kappa shape index (κ1) is 15.9. The molecule has 0 bridgehead atoms. The lowest BCUT2D eigenvalue weighted by molar-refractivity contribution is 0.628. The Labute approximate surface area is 142 Å². The van der Waals surface area contributed by atoms with Crippen molar-refractivity contribution in [2.75, 3.05) is 0 Å². The van der Waals surface area contributed by atoms with Crippen LogP contribution in [-0.2, 0) is 13.0 Å². The van der Waals surface area contributed by atoms with E-state index in [9.17, 15) is 4.39 Å². The second-order valence-electron chi connectivity index (χ2n) is 5.49. The maximum absolute atomic E-state index is 13.3. The van der Waals surface area contributed by atoms with Crippen molar-refractivity contribution in [3.05, 3.63) is 66.1 Å². The average molecular weight is 325 g/mol. The van der Waals surface area contributed by atoms with Crippen LogP contribution >= 0.6 is 12.6 Å². The van der Waals surface area contributed by atoms with Gasteiger partial charge in [-0.15, -0.1) is 12.6 Å². The van der Waals surface area contributed by atoms with Crippen LogP contribution in [0.15, 0.2) is 59.5 Å². The van der Waals surface area contributed by atoms with Gasteiger partial charge in [0.15, 0.2) is 0 Å². The van der Waals surface area contributed by atoms with Gasteiger partial charge in [-0.1, -0.05) is 37.3 Å². The van der Waals surface area contributed by atoms with E-state index in [2.05, 4.69) is 30.5 Å². The molecule has 1 heterocycles. The first-order valence-corrected chi connectivity index (χ1v) is 8.37. The van der Waals surface area contributed by atoms with Crippen molar-refractivity contribution in [2.24, 2.45) is 0 Å². The van der Waals surface area contributed by atoms with Gasteiger partial charge in [0.1, 0.15) is 5.82 Å². The highest BCUT2D eigenvalue weighted by Crippen LogP contribution is 2.41. The second-order valence-corrected chi connectivity index (χ2v) is 5.94. The third kappa shape index (κ3) is 2.81. The number of hydrogen-bond donors (Lipinski definition) is 1. The van der Waals surface area contributed by atoms with Gasteiger partial charge < -0.3 is 4.57 Å². The summed E-state index contributed by atoms with van der Waals surface area (Å²) in [6.45, 7) is 5.13. The molecule has 1 aromatic heterocycles.